The lowest BCUT2D eigenvalue weighted by Gasteiger charge is -2.19. The number of furan rings is 1. The highest BCUT2D eigenvalue weighted by molar-refractivity contribution is 6.05. The zero-order valence-electron chi connectivity index (χ0n) is 13.7. The molecule has 2 N–H and O–H groups in total. The summed E-state index contributed by atoms with van der Waals surface area (Å²) in [5.74, 6) is -0.377. The number of anilines is 1. The monoisotopic (exact) mass is 315 g/mol. The number of rotatable bonds is 5. The second kappa shape index (κ2) is 6.28. The third-order valence-electron chi connectivity index (χ3n) is 3.86. The first kappa shape index (κ1) is 16.8. The molecule has 0 saturated heterocycles. The van der Waals surface area contributed by atoms with Gasteiger partial charge in [-0.2, -0.15) is 0 Å². The van der Waals surface area contributed by atoms with E-state index in [4.69, 9.17) is 4.42 Å². The molecule has 1 aromatic heterocycles. The lowest BCUT2D eigenvalue weighted by Crippen LogP contribution is -2.28. The van der Waals surface area contributed by atoms with E-state index in [2.05, 4.69) is 5.32 Å². The van der Waals surface area contributed by atoms with E-state index < -0.39 is 11.4 Å². The SMILES string of the molecule is CC(C)c1occc1C(=O)Nc1ccc(C(C)(C)C(=O)O)cc1. The van der Waals surface area contributed by atoms with Gasteiger partial charge in [0.15, 0.2) is 0 Å². The highest BCUT2D eigenvalue weighted by atomic mass is 16.4. The van der Waals surface area contributed by atoms with E-state index in [-0.39, 0.29) is 11.8 Å². The molecule has 0 aliphatic carbocycles. The van der Waals surface area contributed by atoms with Crippen molar-refractivity contribution in [1.29, 1.82) is 0 Å². The van der Waals surface area contributed by atoms with E-state index >= 15 is 0 Å². The number of carboxylic acids is 1. The fraction of sp³-hybridized carbons (Fsp3) is 0.333. The molecule has 23 heavy (non-hydrogen) atoms. The summed E-state index contributed by atoms with van der Waals surface area (Å²) in [6.07, 6.45) is 1.50. The van der Waals surface area contributed by atoms with Crippen molar-refractivity contribution in [3.05, 3.63) is 53.5 Å². The van der Waals surface area contributed by atoms with Crippen molar-refractivity contribution < 1.29 is 19.1 Å². The third kappa shape index (κ3) is 3.44. The summed E-state index contributed by atoms with van der Waals surface area (Å²) in [5, 5.41) is 12.0. The molecule has 2 aromatic rings. The normalized spacial score (nSPS) is 11.5. The van der Waals surface area contributed by atoms with Gasteiger partial charge in [-0.3, -0.25) is 9.59 Å². The largest absolute Gasteiger partial charge is 0.481 e. The molecule has 122 valence electrons. The van der Waals surface area contributed by atoms with E-state index in [9.17, 15) is 14.7 Å². The van der Waals surface area contributed by atoms with E-state index in [1.807, 2.05) is 13.8 Å². The number of carboxylic acid groups (broad SMARTS) is 1. The molecule has 0 bridgehead atoms. The van der Waals surface area contributed by atoms with E-state index in [0.717, 1.165) is 0 Å². The smallest absolute Gasteiger partial charge is 0.313 e. The highest BCUT2D eigenvalue weighted by Crippen LogP contribution is 2.26. The Labute approximate surface area is 135 Å². The fourth-order valence-electron chi connectivity index (χ4n) is 2.25. The van der Waals surface area contributed by atoms with Gasteiger partial charge in [0.2, 0.25) is 0 Å². The maximum absolute atomic E-state index is 12.3. The predicted octanol–water partition coefficient (Wildman–Crippen LogP) is 4.02. The average Bonchev–Trinajstić information content (AvgIpc) is 2.97. The van der Waals surface area contributed by atoms with Gasteiger partial charge in [-0.1, -0.05) is 26.0 Å². The molecule has 1 amide bonds. The van der Waals surface area contributed by atoms with Crippen molar-refractivity contribution in [2.75, 3.05) is 5.32 Å². The molecule has 5 nitrogen and oxygen atoms in total. The molecule has 0 atom stereocenters. The van der Waals surface area contributed by atoms with Crippen molar-refractivity contribution in [1.82, 2.24) is 0 Å². The van der Waals surface area contributed by atoms with Crippen LogP contribution >= 0.6 is 0 Å². The van der Waals surface area contributed by atoms with Gasteiger partial charge in [0.05, 0.1) is 17.2 Å². The van der Waals surface area contributed by atoms with Crippen LogP contribution in [0.2, 0.25) is 0 Å². The van der Waals surface area contributed by atoms with E-state index in [1.165, 1.54) is 6.26 Å². The first-order chi connectivity index (χ1) is 10.7. The lowest BCUT2D eigenvalue weighted by atomic mass is 9.85. The summed E-state index contributed by atoms with van der Waals surface area (Å²) in [5.41, 5.74) is 0.817. The van der Waals surface area contributed by atoms with E-state index in [0.29, 0.717) is 22.6 Å². The van der Waals surface area contributed by atoms with Crippen LogP contribution in [0.4, 0.5) is 5.69 Å². The molecule has 0 unspecified atom stereocenters. The van der Waals surface area contributed by atoms with E-state index in [1.54, 1.807) is 44.2 Å². The fourth-order valence-corrected chi connectivity index (χ4v) is 2.25. The van der Waals surface area contributed by atoms with Gasteiger partial charge in [0.1, 0.15) is 5.76 Å². The van der Waals surface area contributed by atoms with Gasteiger partial charge in [0, 0.05) is 11.6 Å². The first-order valence-electron chi connectivity index (χ1n) is 7.46. The summed E-state index contributed by atoms with van der Waals surface area (Å²) in [6.45, 7) is 7.20. The number of amides is 1. The average molecular weight is 315 g/mol. The molecule has 1 heterocycles. The molecule has 0 saturated carbocycles. The molecular weight excluding hydrogens is 294 g/mol. The summed E-state index contributed by atoms with van der Waals surface area (Å²) < 4.78 is 5.35. The Morgan fingerprint density at radius 3 is 2.26 bits per heavy atom. The minimum Gasteiger partial charge on any atom is -0.481 e. The molecule has 2 rings (SSSR count). The Hall–Kier alpha value is -2.56. The second-order valence-corrected chi connectivity index (χ2v) is 6.31. The van der Waals surface area contributed by atoms with Crippen LogP contribution < -0.4 is 5.32 Å². The third-order valence-corrected chi connectivity index (χ3v) is 3.86. The Morgan fingerprint density at radius 1 is 1.13 bits per heavy atom. The molecular formula is C18H21NO4. The van der Waals surface area contributed by atoms with Crippen LogP contribution in [0.25, 0.3) is 0 Å². The van der Waals surface area contributed by atoms with Crippen LogP contribution in [0.1, 0.15) is 55.3 Å². The molecule has 0 spiro atoms. The van der Waals surface area contributed by atoms with Crippen LogP contribution in [0.5, 0.6) is 0 Å². The minimum atomic E-state index is -0.974. The number of aliphatic carboxylic acids is 1. The summed E-state index contributed by atoms with van der Waals surface area (Å²) in [4.78, 5) is 23.6. The van der Waals surface area contributed by atoms with Gasteiger partial charge in [-0.15, -0.1) is 0 Å². The van der Waals surface area contributed by atoms with Crippen LogP contribution in [-0.4, -0.2) is 17.0 Å². The van der Waals surface area contributed by atoms with Crippen LogP contribution in [0, 0.1) is 0 Å². The maximum Gasteiger partial charge on any atom is 0.313 e. The number of carbonyl (C=O) groups is 2. The Morgan fingerprint density at radius 2 is 1.74 bits per heavy atom. The number of carbonyl (C=O) groups excluding carboxylic acids is 1. The van der Waals surface area contributed by atoms with Crippen LogP contribution in [0.3, 0.4) is 0 Å². The Kier molecular flexibility index (Phi) is 4.59. The summed E-state index contributed by atoms with van der Waals surface area (Å²) in [7, 11) is 0. The predicted molar refractivity (Wildman–Crippen MR) is 87.9 cm³/mol. The van der Waals surface area contributed by atoms with Gasteiger partial charge in [-0.25, -0.2) is 0 Å². The zero-order chi connectivity index (χ0) is 17.2. The van der Waals surface area contributed by atoms with Gasteiger partial charge in [-0.05, 0) is 37.6 Å². The Bertz CT molecular complexity index is 711. The molecule has 0 aliphatic heterocycles. The van der Waals surface area contributed by atoms with Crippen molar-refractivity contribution in [3.63, 3.8) is 0 Å². The number of nitrogens with one attached hydrogen (secondary N) is 1. The number of hydrogen-bond donors (Lipinski definition) is 2. The lowest BCUT2D eigenvalue weighted by molar-refractivity contribution is -0.142. The van der Waals surface area contributed by atoms with Crippen molar-refractivity contribution in [2.45, 2.75) is 39.0 Å². The highest BCUT2D eigenvalue weighted by Gasteiger charge is 2.29. The number of hydrogen-bond acceptors (Lipinski definition) is 3. The maximum atomic E-state index is 12.3. The van der Waals surface area contributed by atoms with Gasteiger partial charge in [0.25, 0.3) is 5.91 Å². The molecule has 0 radical (unpaired) electrons. The summed E-state index contributed by atoms with van der Waals surface area (Å²) in [6, 6.07) is 8.47. The quantitative estimate of drug-likeness (QED) is 0.873. The topological polar surface area (TPSA) is 79.5 Å². The molecule has 0 aliphatic rings. The van der Waals surface area contributed by atoms with Crippen LogP contribution in [0.15, 0.2) is 41.0 Å². The first-order valence-corrected chi connectivity index (χ1v) is 7.46. The number of benzene rings is 1. The van der Waals surface area contributed by atoms with Crippen molar-refractivity contribution in [3.8, 4) is 0 Å². The molecule has 5 heteroatoms. The van der Waals surface area contributed by atoms with Crippen LogP contribution in [-0.2, 0) is 10.2 Å². The standard InChI is InChI=1S/C18H21NO4/c1-11(2)15-14(9-10-23-15)16(20)19-13-7-5-12(6-8-13)18(3,4)17(21)22/h5-11H,1-4H3,(H,19,20)(H,21,22). The zero-order valence-corrected chi connectivity index (χ0v) is 13.7. The molecule has 0 fully saturated rings. The van der Waals surface area contributed by atoms with Gasteiger partial charge >= 0.3 is 5.97 Å². The molecule has 1 aromatic carbocycles. The van der Waals surface area contributed by atoms with Crippen molar-refractivity contribution >= 4 is 17.6 Å². The van der Waals surface area contributed by atoms with Crippen molar-refractivity contribution in [2.24, 2.45) is 0 Å². The minimum absolute atomic E-state index is 0.115. The van der Waals surface area contributed by atoms with Gasteiger partial charge < -0.3 is 14.8 Å². The second-order valence-electron chi connectivity index (χ2n) is 6.31. The Balaban J connectivity index is 2.17. The summed E-state index contributed by atoms with van der Waals surface area (Å²) >= 11 is 0.